The fraction of sp³-hybridized carbons (Fsp3) is 0.412. The Kier molecular flexibility index (Phi) is 22.1. The minimum atomic E-state index is -3.88. The van der Waals surface area contributed by atoms with Crippen LogP contribution >= 0.6 is 23.2 Å². The average Bonchev–Trinajstić information content (AvgIpc) is 1.60. The molecule has 4 amide bonds. The maximum atomic E-state index is 13.6. The number of aliphatic carboxylic acids is 1. The Balaban J connectivity index is 0.000000181. The lowest BCUT2D eigenvalue weighted by molar-refractivity contribution is -0.142. The number of benzene rings is 4. The van der Waals surface area contributed by atoms with Gasteiger partial charge in [0, 0.05) is 105 Å². The van der Waals surface area contributed by atoms with E-state index in [4.69, 9.17) is 37.7 Å². The van der Waals surface area contributed by atoms with E-state index in [9.17, 15) is 41.1 Å². The molecule has 2 saturated carbocycles. The molecule has 0 bridgehead atoms. The van der Waals surface area contributed by atoms with E-state index in [1.807, 2.05) is 65.8 Å². The lowest BCUT2D eigenvalue weighted by Gasteiger charge is -2.37. The number of hydrogen-bond donors (Lipinski definition) is 5. The molecule has 0 radical (unpaired) electrons. The number of carboxylic acids is 1. The van der Waals surface area contributed by atoms with Gasteiger partial charge in [0.05, 0.1) is 60.6 Å². The zero-order valence-electron chi connectivity index (χ0n) is 54.5. The first-order valence-corrected chi connectivity index (χ1v) is 35.7. The Hall–Kier alpha value is -8.56. The van der Waals surface area contributed by atoms with Gasteiger partial charge in [-0.3, -0.25) is 4.79 Å². The van der Waals surface area contributed by atoms with E-state index in [-0.39, 0.29) is 56.8 Å². The zero-order chi connectivity index (χ0) is 68.5. The van der Waals surface area contributed by atoms with Crippen LogP contribution in [0.3, 0.4) is 0 Å². The van der Waals surface area contributed by atoms with Gasteiger partial charge in [0.15, 0.2) is 0 Å². The van der Waals surface area contributed by atoms with Crippen molar-refractivity contribution < 1.29 is 50.6 Å². The summed E-state index contributed by atoms with van der Waals surface area (Å²) in [6.45, 7) is 16.1. The summed E-state index contributed by atoms with van der Waals surface area (Å²) < 4.78 is 67.3. The van der Waals surface area contributed by atoms with Crippen LogP contribution in [0.25, 0.3) is 44.3 Å². The van der Waals surface area contributed by atoms with Gasteiger partial charge in [-0.15, -0.1) is 0 Å². The molecule has 2 saturated heterocycles. The van der Waals surface area contributed by atoms with Crippen LogP contribution in [0, 0.1) is 5.92 Å². The smallest absolute Gasteiger partial charge is 0.410 e. The van der Waals surface area contributed by atoms with Crippen LogP contribution in [0.4, 0.5) is 26.3 Å². The minimum absolute atomic E-state index is 0.00175. The predicted molar refractivity (Wildman–Crippen MR) is 369 cm³/mol. The maximum absolute atomic E-state index is 13.6. The Morgan fingerprint density at radius 3 is 1.41 bits per heavy atom. The molecule has 2 unspecified atom stereocenters. The number of aromatic nitrogens is 6. The molecule has 0 spiro atoms. The Labute approximate surface area is 569 Å². The van der Waals surface area contributed by atoms with Gasteiger partial charge in [-0.2, -0.15) is 0 Å². The molecule has 4 aromatic heterocycles. The van der Waals surface area contributed by atoms with E-state index >= 15 is 0 Å². The highest BCUT2D eigenvalue weighted by molar-refractivity contribution is 7.90. The van der Waals surface area contributed by atoms with Crippen molar-refractivity contribution in [3.8, 4) is 22.5 Å². The lowest BCUT2D eigenvalue weighted by atomic mass is 9.86. The maximum Gasteiger partial charge on any atom is 0.410 e. The molecule has 12 rings (SSSR count). The van der Waals surface area contributed by atoms with Crippen molar-refractivity contribution in [2.24, 2.45) is 5.92 Å². The topological polar surface area (TPSA) is 295 Å². The van der Waals surface area contributed by atoms with E-state index in [0.29, 0.717) is 107 Å². The fourth-order valence-electron chi connectivity index (χ4n) is 12.0. The molecule has 4 aromatic carbocycles. The summed E-state index contributed by atoms with van der Waals surface area (Å²) in [7, 11) is -7.74. The number of halogens is 2. The quantitative estimate of drug-likeness (QED) is 0.0759. The second kappa shape index (κ2) is 30.2. The van der Waals surface area contributed by atoms with Gasteiger partial charge in [0.2, 0.25) is 11.9 Å². The van der Waals surface area contributed by atoms with Gasteiger partial charge in [-0.05, 0) is 123 Å². The number of carbonyl (C=O) groups excluding carboxylic acids is 3. The number of amides is 4. The number of para-hydroxylation sites is 2. The SMILES string of the molecule is CC(C)(C)OC(=O)N1CCN(C(=O)N[C@H]2CCCC(Nc3ncc(Cl)c(-c4cn(S(=O)(=O)c5ccccc5)c5ccccc45)n3)C2)CC1.CC(C)(C)OC(=O)N1CCNCC1.O=C(O)[C@H]1CCCC(Nc2ncc(Cl)c(-c3cn(S(=O)(=O)c4ccccc4)c4ccccc34)n2)C1. The van der Waals surface area contributed by atoms with E-state index in [1.165, 1.54) is 26.5 Å². The highest BCUT2D eigenvalue weighted by Gasteiger charge is 2.33. The van der Waals surface area contributed by atoms with Crippen LogP contribution in [0.15, 0.2) is 144 Å². The number of ether oxygens (including phenoxy) is 2. The summed E-state index contributed by atoms with van der Waals surface area (Å²) in [6, 6.07) is 30.7. The molecule has 96 heavy (non-hydrogen) atoms. The zero-order valence-corrected chi connectivity index (χ0v) is 57.6. The average molecular weight is 1390 g/mol. The Morgan fingerprint density at radius 2 is 0.948 bits per heavy atom. The normalized spacial score (nSPS) is 18.6. The Morgan fingerprint density at radius 1 is 0.542 bits per heavy atom. The van der Waals surface area contributed by atoms with Gasteiger partial charge in [0.1, 0.15) is 11.2 Å². The number of rotatable bonds is 12. The molecule has 2 aliphatic heterocycles. The number of carboxylic acid groups (broad SMARTS) is 1. The third-order valence-electron chi connectivity index (χ3n) is 16.6. The summed E-state index contributed by atoms with van der Waals surface area (Å²) >= 11 is 13.1. The van der Waals surface area contributed by atoms with Crippen LogP contribution < -0.4 is 21.3 Å². The molecule has 4 atom stereocenters. The van der Waals surface area contributed by atoms with Gasteiger partial charge in [-0.1, -0.05) is 102 Å². The highest BCUT2D eigenvalue weighted by Crippen LogP contribution is 2.39. The summed E-state index contributed by atoms with van der Waals surface area (Å²) in [6.07, 6.45) is 11.6. The number of carbonyl (C=O) groups is 4. The van der Waals surface area contributed by atoms with Crippen molar-refractivity contribution in [2.75, 3.05) is 63.0 Å². The van der Waals surface area contributed by atoms with Crippen LogP contribution in [0.5, 0.6) is 0 Å². The third-order valence-corrected chi connectivity index (χ3v) is 20.6. The molecule has 4 fully saturated rings. The number of hydrogen-bond acceptors (Lipinski definition) is 17. The van der Waals surface area contributed by atoms with Crippen LogP contribution in [0.2, 0.25) is 10.0 Å². The number of nitrogens with zero attached hydrogens (tertiary/aromatic N) is 9. The largest absolute Gasteiger partial charge is 0.481 e. The van der Waals surface area contributed by atoms with Crippen molar-refractivity contribution >= 4 is 101 Å². The van der Waals surface area contributed by atoms with Gasteiger partial charge >= 0.3 is 24.2 Å². The van der Waals surface area contributed by atoms with Gasteiger partial charge in [0.25, 0.3) is 20.0 Å². The molecular weight excluding hydrogens is 1310 g/mol. The molecule has 28 heteroatoms. The monoisotopic (exact) mass is 1390 g/mol. The van der Waals surface area contributed by atoms with E-state index < -0.39 is 37.5 Å². The first kappa shape index (κ1) is 70.2. The van der Waals surface area contributed by atoms with Crippen molar-refractivity contribution in [3.05, 3.63) is 144 Å². The number of nitrogens with one attached hydrogen (secondary N) is 4. The summed E-state index contributed by atoms with van der Waals surface area (Å²) in [5, 5.41) is 24.3. The first-order valence-electron chi connectivity index (χ1n) is 32.1. The molecule has 5 N–H and O–H groups in total. The molecule has 6 heterocycles. The molecular formula is C68H81Cl2N13O11S2. The second-order valence-corrected chi connectivity index (χ2v) is 30.4. The van der Waals surface area contributed by atoms with Crippen LogP contribution in [-0.2, 0) is 34.3 Å². The van der Waals surface area contributed by atoms with Crippen molar-refractivity contribution in [2.45, 2.75) is 132 Å². The molecule has 24 nitrogen and oxygen atoms in total. The number of fused-ring (bicyclic) bond motifs is 2. The highest BCUT2D eigenvalue weighted by atomic mass is 35.5. The van der Waals surface area contributed by atoms with Gasteiger partial charge in [-0.25, -0.2) is 59.1 Å². The van der Waals surface area contributed by atoms with Crippen molar-refractivity contribution in [1.29, 1.82) is 0 Å². The lowest BCUT2D eigenvalue weighted by Crippen LogP contribution is -2.55. The number of anilines is 2. The number of piperazine rings is 2. The molecule has 4 aliphatic rings. The first-order chi connectivity index (χ1) is 45.7. The van der Waals surface area contributed by atoms with Crippen molar-refractivity contribution in [1.82, 2.24) is 53.2 Å². The van der Waals surface area contributed by atoms with E-state index in [2.05, 4.69) is 36.2 Å². The standard InChI is InChI=1S/C34H40ClN7O5S.C25H23ClN4O4S.C9H18N2O2/c1-34(2,3)47-33(44)41-18-16-40(17-19-41)32(43)38-24-11-9-10-23(20-24)37-31-36-21-28(35)30(39-31)27-22-42(29-15-8-7-14-26(27)29)48(45,46)25-12-5-4-6-13-25;26-21-14-27-25(28-17-8-6-7-16(13-17)24(31)32)29-23(21)20-15-30(22-12-5-4-11-19(20)22)35(33,34)18-9-2-1-3-10-18;1-9(2,3)13-8(12)11-6-4-10-5-7-11/h4-8,12-15,21-24H,9-11,16-20H2,1-3H3,(H,38,43)(H,36,37,39);1-5,9-12,14-17H,6-8,13H2,(H,31,32)(H,27,28,29);10H,4-7H2,1-3H3/t23?,24-;16-,17?;/m00./s1. The predicted octanol–water partition coefficient (Wildman–Crippen LogP) is 11.8. The van der Waals surface area contributed by atoms with E-state index in [0.717, 1.165) is 58.3 Å². The fourth-order valence-corrected chi connectivity index (χ4v) is 15.1. The molecule has 510 valence electrons. The second-order valence-electron chi connectivity index (χ2n) is 26.0. The van der Waals surface area contributed by atoms with Crippen molar-refractivity contribution in [3.63, 3.8) is 0 Å². The van der Waals surface area contributed by atoms with Crippen LogP contribution in [0.1, 0.15) is 92.9 Å². The third kappa shape index (κ3) is 17.3. The minimum Gasteiger partial charge on any atom is -0.481 e. The van der Waals surface area contributed by atoms with Gasteiger partial charge < -0.3 is 50.5 Å². The summed E-state index contributed by atoms with van der Waals surface area (Å²) in [5.41, 5.74) is 2.00. The van der Waals surface area contributed by atoms with Crippen LogP contribution in [-0.4, -0.2) is 170 Å². The Bertz CT molecular complexity index is 4310. The molecule has 2 aliphatic carbocycles. The summed E-state index contributed by atoms with van der Waals surface area (Å²) in [5.74, 6) is -0.494. The number of urea groups is 1. The molecule has 8 aromatic rings. The summed E-state index contributed by atoms with van der Waals surface area (Å²) in [4.78, 5) is 72.0. The van der Waals surface area contributed by atoms with E-state index in [1.54, 1.807) is 106 Å².